The van der Waals surface area contributed by atoms with Crippen LogP contribution in [-0.2, 0) is 9.59 Å². The van der Waals surface area contributed by atoms with E-state index in [-0.39, 0.29) is 11.8 Å². The second kappa shape index (κ2) is 4.09. The van der Waals surface area contributed by atoms with Crippen LogP contribution in [0.15, 0.2) is 23.3 Å². The van der Waals surface area contributed by atoms with Crippen molar-refractivity contribution in [2.75, 3.05) is 4.90 Å². The van der Waals surface area contributed by atoms with Crippen LogP contribution in [0.3, 0.4) is 0 Å². The molecular weight excluding hydrogens is 226 g/mol. The number of aryl methyl sites for hydroxylation is 3. The van der Waals surface area contributed by atoms with Crippen molar-refractivity contribution >= 4 is 17.5 Å². The summed E-state index contributed by atoms with van der Waals surface area (Å²) in [5.41, 5.74) is 4.97. The number of benzene rings is 1. The predicted octanol–water partition coefficient (Wildman–Crippen LogP) is 2.82. The van der Waals surface area contributed by atoms with E-state index >= 15 is 0 Å². The van der Waals surface area contributed by atoms with E-state index in [2.05, 4.69) is 0 Å². The van der Waals surface area contributed by atoms with E-state index in [4.69, 9.17) is 0 Å². The van der Waals surface area contributed by atoms with Crippen molar-refractivity contribution in [1.29, 1.82) is 0 Å². The number of nitrogens with zero attached hydrogens (tertiary/aromatic N) is 1. The zero-order valence-electron chi connectivity index (χ0n) is 11.4. The molecule has 0 aliphatic carbocycles. The number of imide groups is 1. The minimum atomic E-state index is -0.205. The first-order valence-electron chi connectivity index (χ1n) is 5.98. The van der Waals surface area contributed by atoms with Crippen LogP contribution in [0.4, 0.5) is 5.69 Å². The summed E-state index contributed by atoms with van der Waals surface area (Å²) >= 11 is 0. The molecule has 0 N–H and O–H groups in total. The summed E-state index contributed by atoms with van der Waals surface area (Å²) in [6.45, 7) is 9.33. The first-order valence-corrected chi connectivity index (χ1v) is 5.98. The molecule has 0 spiro atoms. The smallest absolute Gasteiger partial charge is 0.261 e. The van der Waals surface area contributed by atoms with Gasteiger partial charge in [-0.2, -0.15) is 0 Å². The molecule has 1 aromatic rings. The Balaban J connectivity index is 2.56. The molecule has 0 bridgehead atoms. The number of hydrogen-bond donors (Lipinski definition) is 0. The van der Waals surface area contributed by atoms with Gasteiger partial charge in [0.25, 0.3) is 11.8 Å². The van der Waals surface area contributed by atoms with Crippen molar-refractivity contribution in [3.8, 4) is 0 Å². The largest absolute Gasteiger partial charge is 0.269 e. The quantitative estimate of drug-likeness (QED) is 0.711. The van der Waals surface area contributed by atoms with Crippen LogP contribution in [0, 0.1) is 20.8 Å². The topological polar surface area (TPSA) is 37.4 Å². The van der Waals surface area contributed by atoms with Gasteiger partial charge in [-0.3, -0.25) is 9.59 Å². The van der Waals surface area contributed by atoms with Crippen LogP contribution in [0.25, 0.3) is 0 Å². The van der Waals surface area contributed by atoms with Gasteiger partial charge in [0.2, 0.25) is 0 Å². The maximum absolute atomic E-state index is 12.1. The van der Waals surface area contributed by atoms with Gasteiger partial charge in [-0.1, -0.05) is 6.07 Å². The molecule has 2 amide bonds. The van der Waals surface area contributed by atoms with Crippen molar-refractivity contribution in [2.45, 2.75) is 34.6 Å². The number of carbonyl (C=O) groups excluding carboxylic acids is 2. The second-order valence-electron chi connectivity index (χ2n) is 4.92. The van der Waals surface area contributed by atoms with Gasteiger partial charge < -0.3 is 0 Å². The Morgan fingerprint density at radius 3 is 1.67 bits per heavy atom. The Hall–Kier alpha value is -1.90. The third-order valence-electron chi connectivity index (χ3n) is 3.66. The summed E-state index contributed by atoms with van der Waals surface area (Å²) in [6.07, 6.45) is 0. The molecular formula is C15H17NO2. The maximum Gasteiger partial charge on any atom is 0.261 e. The molecule has 18 heavy (non-hydrogen) atoms. The summed E-state index contributed by atoms with van der Waals surface area (Å²) in [5, 5.41) is 0. The summed E-state index contributed by atoms with van der Waals surface area (Å²) in [6, 6.07) is 3.92. The first kappa shape index (κ1) is 12.6. The zero-order chi connectivity index (χ0) is 13.6. The van der Waals surface area contributed by atoms with E-state index < -0.39 is 0 Å². The number of anilines is 1. The number of hydrogen-bond acceptors (Lipinski definition) is 2. The fraction of sp³-hybridized carbons (Fsp3) is 0.333. The van der Waals surface area contributed by atoms with Gasteiger partial charge >= 0.3 is 0 Å². The van der Waals surface area contributed by atoms with Crippen molar-refractivity contribution in [3.63, 3.8) is 0 Å². The molecule has 2 rings (SSSR count). The van der Waals surface area contributed by atoms with Crippen LogP contribution >= 0.6 is 0 Å². The Morgan fingerprint density at radius 1 is 0.722 bits per heavy atom. The Kier molecular flexibility index (Phi) is 2.85. The molecule has 94 valence electrons. The van der Waals surface area contributed by atoms with Gasteiger partial charge in [-0.05, 0) is 57.4 Å². The summed E-state index contributed by atoms with van der Waals surface area (Å²) in [5.74, 6) is -0.410. The van der Waals surface area contributed by atoms with Crippen LogP contribution < -0.4 is 4.90 Å². The van der Waals surface area contributed by atoms with Crippen LogP contribution in [-0.4, -0.2) is 11.8 Å². The monoisotopic (exact) mass is 243 g/mol. The fourth-order valence-electron chi connectivity index (χ4n) is 2.15. The SMILES string of the molecule is CC1=C(C)C(=O)N(c2cc(C)c(C)cc2C)C1=O. The van der Waals surface area contributed by atoms with Crippen molar-refractivity contribution < 1.29 is 9.59 Å². The minimum absolute atomic E-state index is 0.205. The molecule has 1 aliphatic rings. The molecule has 0 unspecified atom stereocenters. The Labute approximate surface area is 107 Å². The van der Waals surface area contributed by atoms with Crippen LogP contribution in [0.5, 0.6) is 0 Å². The molecule has 3 heteroatoms. The van der Waals surface area contributed by atoms with Gasteiger partial charge in [0.1, 0.15) is 0 Å². The van der Waals surface area contributed by atoms with Gasteiger partial charge in [-0.25, -0.2) is 4.90 Å². The van der Waals surface area contributed by atoms with E-state index in [9.17, 15) is 9.59 Å². The normalized spacial score (nSPS) is 15.9. The van der Waals surface area contributed by atoms with Gasteiger partial charge in [0.15, 0.2) is 0 Å². The predicted molar refractivity (Wildman–Crippen MR) is 71.5 cm³/mol. The average Bonchev–Trinajstić information content (AvgIpc) is 2.50. The Morgan fingerprint density at radius 2 is 1.17 bits per heavy atom. The van der Waals surface area contributed by atoms with Gasteiger partial charge in [0, 0.05) is 11.1 Å². The van der Waals surface area contributed by atoms with Gasteiger partial charge in [-0.15, -0.1) is 0 Å². The molecule has 1 aromatic carbocycles. The zero-order valence-corrected chi connectivity index (χ0v) is 11.4. The first-order chi connectivity index (χ1) is 8.34. The molecule has 0 radical (unpaired) electrons. The molecule has 1 heterocycles. The number of carbonyl (C=O) groups is 2. The van der Waals surface area contributed by atoms with E-state index in [1.807, 2.05) is 32.9 Å². The lowest BCUT2D eigenvalue weighted by atomic mass is 10.0. The lowest BCUT2D eigenvalue weighted by Crippen LogP contribution is -2.32. The van der Waals surface area contributed by atoms with Gasteiger partial charge in [0.05, 0.1) is 5.69 Å². The van der Waals surface area contributed by atoms with Crippen LogP contribution in [0.2, 0.25) is 0 Å². The van der Waals surface area contributed by atoms with E-state index in [1.165, 1.54) is 4.90 Å². The summed E-state index contributed by atoms with van der Waals surface area (Å²) in [7, 11) is 0. The molecule has 0 fully saturated rings. The molecule has 0 saturated carbocycles. The van der Waals surface area contributed by atoms with Crippen molar-refractivity contribution in [1.82, 2.24) is 0 Å². The Bertz CT molecular complexity index is 573. The fourth-order valence-corrected chi connectivity index (χ4v) is 2.15. The highest BCUT2D eigenvalue weighted by atomic mass is 16.2. The van der Waals surface area contributed by atoms with E-state index in [0.717, 1.165) is 16.7 Å². The third kappa shape index (κ3) is 1.67. The van der Waals surface area contributed by atoms with E-state index in [0.29, 0.717) is 16.8 Å². The van der Waals surface area contributed by atoms with Crippen LogP contribution in [0.1, 0.15) is 30.5 Å². The molecule has 3 nitrogen and oxygen atoms in total. The molecule has 0 atom stereocenters. The van der Waals surface area contributed by atoms with E-state index in [1.54, 1.807) is 13.8 Å². The summed E-state index contributed by atoms with van der Waals surface area (Å²) in [4.78, 5) is 25.5. The highest BCUT2D eigenvalue weighted by Gasteiger charge is 2.35. The molecule has 0 aromatic heterocycles. The standard InChI is InChI=1S/C15H17NO2/c1-8-6-10(3)13(7-9(8)2)16-14(17)11(4)12(5)15(16)18/h6-7H,1-5H3. The summed E-state index contributed by atoms with van der Waals surface area (Å²) < 4.78 is 0. The average molecular weight is 243 g/mol. The lowest BCUT2D eigenvalue weighted by molar-refractivity contribution is -0.120. The molecule has 1 aliphatic heterocycles. The molecule has 0 saturated heterocycles. The minimum Gasteiger partial charge on any atom is -0.269 e. The number of rotatable bonds is 1. The highest BCUT2D eigenvalue weighted by molar-refractivity contribution is 6.32. The van der Waals surface area contributed by atoms with Crippen molar-refractivity contribution in [2.24, 2.45) is 0 Å². The maximum atomic E-state index is 12.1. The second-order valence-corrected chi connectivity index (χ2v) is 4.92. The lowest BCUT2D eigenvalue weighted by Gasteiger charge is -2.19. The van der Waals surface area contributed by atoms with Crippen molar-refractivity contribution in [3.05, 3.63) is 40.0 Å². The highest BCUT2D eigenvalue weighted by Crippen LogP contribution is 2.30. The number of amides is 2. The third-order valence-corrected chi connectivity index (χ3v) is 3.66.